The molecule has 0 spiro atoms. The fraction of sp³-hybridized carbons (Fsp3) is 0.364. The van der Waals surface area contributed by atoms with Crippen LogP contribution in [0.1, 0.15) is 17.2 Å². The zero-order chi connectivity index (χ0) is 12.3. The highest BCUT2D eigenvalue weighted by Crippen LogP contribution is 2.33. The summed E-state index contributed by atoms with van der Waals surface area (Å²) in [5, 5.41) is 18.1. The fourth-order valence-electron chi connectivity index (χ4n) is 1.48. The van der Waals surface area contributed by atoms with Crippen LogP contribution in [0.25, 0.3) is 0 Å². The second-order valence-electron chi connectivity index (χ2n) is 3.31. The van der Waals surface area contributed by atoms with Crippen LogP contribution >= 0.6 is 0 Å². The first-order valence-electron chi connectivity index (χ1n) is 4.64. The molecule has 1 aromatic rings. The van der Waals surface area contributed by atoms with Gasteiger partial charge in [-0.3, -0.25) is 0 Å². The van der Waals surface area contributed by atoms with Crippen molar-refractivity contribution in [2.24, 2.45) is 0 Å². The lowest BCUT2D eigenvalue weighted by atomic mass is 10.0. The van der Waals surface area contributed by atoms with Crippen LogP contribution in [0.3, 0.4) is 0 Å². The maximum absolute atomic E-state index is 10.6. The van der Waals surface area contributed by atoms with Gasteiger partial charge in [0.15, 0.2) is 17.6 Å². The molecular formula is C11H14O5. The van der Waals surface area contributed by atoms with E-state index in [9.17, 15) is 9.90 Å². The number of carbonyl (C=O) groups is 1. The molecule has 16 heavy (non-hydrogen) atoms. The van der Waals surface area contributed by atoms with Crippen LogP contribution in [0.5, 0.6) is 11.5 Å². The predicted molar refractivity (Wildman–Crippen MR) is 56.9 cm³/mol. The monoisotopic (exact) mass is 226 g/mol. The van der Waals surface area contributed by atoms with Crippen molar-refractivity contribution in [2.75, 3.05) is 14.2 Å². The topological polar surface area (TPSA) is 76.0 Å². The van der Waals surface area contributed by atoms with Gasteiger partial charge in [-0.2, -0.15) is 0 Å². The SMILES string of the molecule is COc1cc(C(O)C(=O)O)cc(C)c1OC. The summed E-state index contributed by atoms with van der Waals surface area (Å²) in [6.07, 6.45) is -1.56. The van der Waals surface area contributed by atoms with E-state index in [0.29, 0.717) is 17.1 Å². The number of hydrogen-bond donors (Lipinski definition) is 2. The van der Waals surface area contributed by atoms with Gasteiger partial charge in [0.1, 0.15) is 0 Å². The van der Waals surface area contributed by atoms with Gasteiger partial charge in [-0.25, -0.2) is 4.79 Å². The van der Waals surface area contributed by atoms with Gasteiger partial charge in [0.2, 0.25) is 0 Å². The molecule has 0 heterocycles. The molecule has 1 atom stereocenters. The number of aryl methyl sites for hydroxylation is 1. The van der Waals surface area contributed by atoms with Crippen LogP contribution < -0.4 is 9.47 Å². The maximum atomic E-state index is 10.6. The standard InChI is InChI=1S/C11H14O5/c1-6-4-7(9(12)11(13)14)5-8(15-2)10(6)16-3/h4-5,9,12H,1-3H3,(H,13,14). The lowest BCUT2D eigenvalue weighted by molar-refractivity contribution is -0.146. The highest BCUT2D eigenvalue weighted by Gasteiger charge is 2.19. The number of aliphatic hydroxyl groups excluding tert-OH is 1. The molecule has 1 aromatic carbocycles. The van der Waals surface area contributed by atoms with Crippen LogP contribution in [0, 0.1) is 6.92 Å². The molecule has 5 heteroatoms. The number of carboxylic acid groups (broad SMARTS) is 1. The van der Waals surface area contributed by atoms with Crippen molar-refractivity contribution < 1.29 is 24.5 Å². The van der Waals surface area contributed by atoms with E-state index in [-0.39, 0.29) is 5.56 Å². The molecule has 0 saturated carbocycles. The summed E-state index contributed by atoms with van der Waals surface area (Å²) in [6, 6.07) is 3.00. The van der Waals surface area contributed by atoms with Gasteiger partial charge in [0.05, 0.1) is 14.2 Å². The smallest absolute Gasteiger partial charge is 0.337 e. The molecular weight excluding hydrogens is 212 g/mol. The summed E-state index contributed by atoms with van der Waals surface area (Å²) in [5.41, 5.74) is 0.972. The molecule has 0 bridgehead atoms. The summed E-state index contributed by atoms with van der Waals surface area (Å²) in [5.74, 6) is -0.367. The number of benzene rings is 1. The van der Waals surface area contributed by atoms with Gasteiger partial charge in [-0.1, -0.05) is 0 Å². The number of rotatable bonds is 4. The number of ether oxygens (including phenoxy) is 2. The number of carboxylic acids is 1. The van der Waals surface area contributed by atoms with E-state index >= 15 is 0 Å². The van der Waals surface area contributed by atoms with Gasteiger partial charge in [0.25, 0.3) is 0 Å². The Labute approximate surface area is 93.2 Å². The van der Waals surface area contributed by atoms with Crippen LogP contribution in [0.4, 0.5) is 0 Å². The molecule has 1 rings (SSSR count). The summed E-state index contributed by atoms with van der Waals surface area (Å²) in [7, 11) is 2.95. The minimum Gasteiger partial charge on any atom is -0.493 e. The Bertz CT molecular complexity index is 400. The quantitative estimate of drug-likeness (QED) is 0.804. The Kier molecular flexibility index (Phi) is 3.73. The number of hydrogen-bond acceptors (Lipinski definition) is 4. The molecule has 0 saturated heterocycles. The molecule has 0 aliphatic carbocycles. The maximum Gasteiger partial charge on any atom is 0.337 e. The van der Waals surface area contributed by atoms with Crippen LogP contribution in [0.2, 0.25) is 0 Å². The van der Waals surface area contributed by atoms with Crippen LogP contribution in [-0.4, -0.2) is 30.4 Å². The molecule has 2 N–H and O–H groups in total. The lowest BCUT2D eigenvalue weighted by Gasteiger charge is -2.14. The molecule has 5 nitrogen and oxygen atoms in total. The Hall–Kier alpha value is -1.75. The molecule has 0 aliphatic heterocycles. The predicted octanol–water partition coefficient (Wildman–Crippen LogP) is 1.13. The van der Waals surface area contributed by atoms with Gasteiger partial charge >= 0.3 is 5.97 Å². The van der Waals surface area contributed by atoms with Crippen molar-refractivity contribution >= 4 is 5.97 Å². The van der Waals surface area contributed by atoms with Gasteiger partial charge in [-0.15, -0.1) is 0 Å². The molecule has 0 aromatic heterocycles. The molecule has 1 unspecified atom stereocenters. The van der Waals surface area contributed by atoms with E-state index in [2.05, 4.69) is 0 Å². The van der Waals surface area contributed by atoms with Crippen molar-refractivity contribution in [1.82, 2.24) is 0 Å². The third-order valence-corrected chi connectivity index (χ3v) is 2.24. The van der Waals surface area contributed by atoms with E-state index in [0.717, 1.165) is 0 Å². The highest BCUT2D eigenvalue weighted by molar-refractivity contribution is 5.74. The van der Waals surface area contributed by atoms with E-state index < -0.39 is 12.1 Å². The van der Waals surface area contributed by atoms with E-state index in [1.807, 2.05) is 0 Å². The summed E-state index contributed by atoms with van der Waals surface area (Å²) in [4.78, 5) is 10.6. The third kappa shape index (κ3) is 2.25. The van der Waals surface area contributed by atoms with Crippen molar-refractivity contribution in [3.05, 3.63) is 23.3 Å². The summed E-state index contributed by atoms with van der Waals surface area (Å²) >= 11 is 0. The molecule has 0 aliphatic rings. The number of aliphatic carboxylic acids is 1. The van der Waals surface area contributed by atoms with Crippen LogP contribution in [0.15, 0.2) is 12.1 Å². The molecule has 0 fully saturated rings. The molecule has 0 radical (unpaired) electrons. The Balaban J connectivity index is 3.25. The first-order valence-corrected chi connectivity index (χ1v) is 4.64. The first-order chi connectivity index (χ1) is 7.51. The van der Waals surface area contributed by atoms with Crippen LogP contribution in [-0.2, 0) is 4.79 Å². The molecule has 0 amide bonds. The van der Waals surface area contributed by atoms with Gasteiger partial charge < -0.3 is 19.7 Å². The Morgan fingerprint density at radius 1 is 1.31 bits per heavy atom. The van der Waals surface area contributed by atoms with Crippen molar-refractivity contribution in [3.63, 3.8) is 0 Å². The van der Waals surface area contributed by atoms with E-state index in [1.165, 1.54) is 20.3 Å². The average Bonchev–Trinajstić information content (AvgIpc) is 2.26. The van der Waals surface area contributed by atoms with Crippen molar-refractivity contribution in [2.45, 2.75) is 13.0 Å². The second-order valence-corrected chi connectivity index (χ2v) is 3.31. The average molecular weight is 226 g/mol. The lowest BCUT2D eigenvalue weighted by Crippen LogP contribution is -2.11. The Morgan fingerprint density at radius 2 is 1.94 bits per heavy atom. The molecule has 88 valence electrons. The third-order valence-electron chi connectivity index (χ3n) is 2.24. The largest absolute Gasteiger partial charge is 0.493 e. The van der Waals surface area contributed by atoms with Gasteiger partial charge in [0, 0.05) is 0 Å². The summed E-state index contributed by atoms with van der Waals surface area (Å²) in [6.45, 7) is 1.75. The van der Waals surface area contributed by atoms with Crippen molar-refractivity contribution in [3.8, 4) is 11.5 Å². The fourth-order valence-corrected chi connectivity index (χ4v) is 1.48. The van der Waals surface area contributed by atoms with E-state index in [1.54, 1.807) is 13.0 Å². The second kappa shape index (κ2) is 4.85. The number of aliphatic hydroxyl groups is 1. The zero-order valence-corrected chi connectivity index (χ0v) is 9.35. The number of methoxy groups -OCH3 is 2. The zero-order valence-electron chi connectivity index (χ0n) is 9.35. The minimum atomic E-state index is -1.56. The summed E-state index contributed by atoms with van der Waals surface area (Å²) < 4.78 is 10.2. The first kappa shape index (κ1) is 12.3. The van der Waals surface area contributed by atoms with Crippen molar-refractivity contribution in [1.29, 1.82) is 0 Å². The van der Waals surface area contributed by atoms with Gasteiger partial charge in [-0.05, 0) is 30.2 Å². The van der Waals surface area contributed by atoms with E-state index in [4.69, 9.17) is 14.6 Å². The Morgan fingerprint density at radius 3 is 2.38 bits per heavy atom. The highest BCUT2D eigenvalue weighted by atomic mass is 16.5. The normalized spacial score (nSPS) is 12.0. The minimum absolute atomic E-state index is 0.266.